The SMILES string of the molecule is O=C(c1ncc(-c2ccsc2)o1)N1CCOCC1. The van der Waals surface area contributed by atoms with Crippen LogP contribution in [0.25, 0.3) is 11.3 Å². The second-order valence-electron chi connectivity index (χ2n) is 3.95. The molecule has 0 unspecified atom stereocenters. The smallest absolute Gasteiger partial charge is 0.309 e. The molecule has 0 spiro atoms. The topological polar surface area (TPSA) is 55.6 Å². The van der Waals surface area contributed by atoms with E-state index in [4.69, 9.17) is 9.15 Å². The lowest BCUT2D eigenvalue weighted by molar-refractivity contribution is 0.0278. The van der Waals surface area contributed by atoms with Gasteiger partial charge in [0.2, 0.25) is 0 Å². The van der Waals surface area contributed by atoms with Crippen molar-refractivity contribution in [2.75, 3.05) is 26.3 Å². The van der Waals surface area contributed by atoms with Crippen molar-refractivity contribution >= 4 is 17.2 Å². The van der Waals surface area contributed by atoms with E-state index in [0.29, 0.717) is 32.1 Å². The number of carbonyl (C=O) groups is 1. The van der Waals surface area contributed by atoms with Crippen molar-refractivity contribution in [2.24, 2.45) is 0 Å². The first-order valence-electron chi connectivity index (χ1n) is 5.70. The van der Waals surface area contributed by atoms with Gasteiger partial charge in [-0.3, -0.25) is 4.79 Å². The quantitative estimate of drug-likeness (QED) is 0.831. The van der Waals surface area contributed by atoms with E-state index in [2.05, 4.69) is 4.98 Å². The Bertz CT molecular complexity index is 529. The summed E-state index contributed by atoms with van der Waals surface area (Å²) in [5.41, 5.74) is 0.952. The minimum atomic E-state index is -0.167. The van der Waals surface area contributed by atoms with Crippen molar-refractivity contribution < 1.29 is 13.9 Å². The van der Waals surface area contributed by atoms with Gasteiger partial charge in [-0.1, -0.05) is 0 Å². The lowest BCUT2D eigenvalue weighted by Gasteiger charge is -2.25. The summed E-state index contributed by atoms with van der Waals surface area (Å²) in [5, 5.41) is 3.92. The van der Waals surface area contributed by atoms with Gasteiger partial charge in [0.1, 0.15) is 0 Å². The van der Waals surface area contributed by atoms with E-state index in [0.717, 1.165) is 5.56 Å². The van der Waals surface area contributed by atoms with Crippen molar-refractivity contribution in [2.45, 2.75) is 0 Å². The highest BCUT2D eigenvalue weighted by Crippen LogP contribution is 2.23. The van der Waals surface area contributed by atoms with Crippen LogP contribution in [0.1, 0.15) is 10.7 Å². The fourth-order valence-corrected chi connectivity index (χ4v) is 2.46. The Morgan fingerprint density at radius 2 is 2.22 bits per heavy atom. The Morgan fingerprint density at radius 3 is 2.94 bits per heavy atom. The van der Waals surface area contributed by atoms with Gasteiger partial charge >= 0.3 is 5.91 Å². The number of nitrogens with zero attached hydrogens (tertiary/aromatic N) is 2. The summed E-state index contributed by atoms with van der Waals surface area (Å²) in [6, 6.07) is 1.94. The lowest BCUT2D eigenvalue weighted by atomic mass is 10.3. The largest absolute Gasteiger partial charge is 0.432 e. The minimum Gasteiger partial charge on any atom is -0.432 e. The second-order valence-corrected chi connectivity index (χ2v) is 4.73. The number of amides is 1. The van der Waals surface area contributed by atoms with Crippen LogP contribution in [-0.4, -0.2) is 42.1 Å². The summed E-state index contributed by atoms with van der Waals surface area (Å²) < 4.78 is 10.7. The van der Waals surface area contributed by atoms with Crippen LogP contribution in [0.15, 0.2) is 27.4 Å². The Hall–Kier alpha value is -1.66. The molecule has 6 heteroatoms. The molecular weight excluding hydrogens is 252 g/mol. The molecule has 1 aliphatic rings. The van der Waals surface area contributed by atoms with E-state index < -0.39 is 0 Å². The summed E-state index contributed by atoms with van der Waals surface area (Å²) in [5.74, 6) is 0.616. The van der Waals surface area contributed by atoms with Gasteiger partial charge < -0.3 is 14.1 Å². The van der Waals surface area contributed by atoms with Crippen LogP contribution in [-0.2, 0) is 4.74 Å². The van der Waals surface area contributed by atoms with Crippen molar-refractivity contribution in [3.05, 3.63) is 28.9 Å². The highest BCUT2D eigenvalue weighted by Gasteiger charge is 2.23. The molecule has 94 valence electrons. The summed E-state index contributed by atoms with van der Waals surface area (Å²) in [6.45, 7) is 2.33. The van der Waals surface area contributed by atoms with E-state index in [9.17, 15) is 4.79 Å². The second kappa shape index (κ2) is 4.91. The monoisotopic (exact) mass is 264 g/mol. The molecule has 0 bridgehead atoms. The number of carbonyl (C=O) groups excluding carboxylic acids is 1. The van der Waals surface area contributed by atoms with Gasteiger partial charge in [0.25, 0.3) is 5.89 Å². The zero-order valence-electron chi connectivity index (χ0n) is 9.67. The number of rotatable bonds is 2. The Labute approximate surface area is 108 Å². The van der Waals surface area contributed by atoms with Crippen LogP contribution >= 0.6 is 11.3 Å². The first-order chi connectivity index (χ1) is 8.84. The maximum absolute atomic E-state index is 12.1. The normalized spacial score (nSPS) is 15.9. The van der Waals surface area contributed by atoms with E-state index >= 15 is 0 Å². The number of hydrogen-bond donors (Lipinski definition) is 0. The number of oxazole rings is 1. The zero-order valence-corrected chi connectivity index (χ0v) is 10.5. The molecule has 1 amide bonds. The molecule has 1 saturated heterocycles. The highest BCUT2D eigenvalue weighted by atomic mass is 32.1. The summed E-state index contributed by atoms with van der Waals surface area (Å²) in [4.78, 5) is 17.9. The van der Waals surface area contributed by atoms with Crippen LogP contribution < -0.4 is 0 Å². The molecule has 5 nitrogen and oxygen atoms in total. The molecule has 0 saturated carbocycles. The zero-order chi connectivity index (χ0) is 12.4. The molecule has 1 fully saturated rings. The summed E-state index contributed by atoms with van der Waals surface area (Å²) in [7, 11) is 0. The predicted octanol–water partition coefficient (Wildman–Crippen LogP) is 1.88. The predicted molar refractivity (Wildman–Crippen MR) is 66.5 cm³/mol. The Balaban J connectivity index is 1.78. The molecule has 0 aliphatic carbocycles. The Morgan fingerprint density at radius 1 is 1.39 bits per heavy atom. The summed E-state index contributed by atoms with van der Waals surface area (Å²) >= 11 is 1.58. The van der Waals surface area contributed by atoms with Crippen LogP contribution in [0.3, 0.4) is 0 Å². The molecular formula is C12H12N2O3S. The Kier molecular flexibility index (Phi) is 3.12. The number of ether oxygens (including phenoxy) is 1. The number of thiophene rings is 1. The minimum absolute atomic E-state index is 0.151. The molecule has 0 atom stereocenters. The van der Waals surface area contributed by atoms with Gasteiger partial charge in [-0.15, -0.1) is 0 Å². The van der Waals surface area contributed by atoms with Crippen molar-refractivity contribution in [3.63, 3.8) is 0 Å². The average Bonchev–Trinajstić information content (AvgIpc) is 3.09. The van der Waals surface area contributed by atoms with E-state index in [1.54, 1.807) is 22.4 Å². The van der Waals surface area contributed by atoms with Crippen LogP contribution in [0.2, 0.25) is 0 Å². The van der Waals surface area contributed by atoms with Crippen LogP contribution in [0.4, 0.5) is 0 Å². The van der Waals surface area contributed by atoms with Crippen molar-refractivity contribution in [3.8, 4) is 11.3 Å². The average molecular weight is 264 g/mol. The van der Waals surface area contributed by atoms with Gasteiger partial charge in [0, 0.05) is 24.0 Å². The van der Waals surface area contributed by atoms with Crippen molar-refractivity contribution in [1.29, 1.82) is 0 Å². The van der Waals surface area contributed by atoms with Crippen LogP contribution in [0, 0.1) is 0 Å². The fourth-order valence-electron chi connectivity index (χ4n) is 1.81. The number of morpholine rings is 1. The first-order valence-corrected chi connectivity index (χ1v) is 6.64. The number of aromatic nitrogens is 1. The molecule has 1 aliphatic heterocycles. The summed E-state index contributed by atoms with van der Waals surface area (Å²) in [6.07, 6.45) is 1.59. The first kappa shape index (κ1) is 11.4. The maximum atomic E-state index is 12.1. The molecule has 0 radical (unpaired) electrons. The highest BCUT2D eigenvalue weighted by molar-refractivity contribution is 7.08. The van der Waals surface area contributed by atoms with Gasteiger partial charge in [0.05, 0.1) is 19.4 Å². The number of hydrogen-bond acceptors (Lipinski definition) is 5. The molecule has 2 aromatic rings. The third kappa shape index (κ3) is 2.16. The molecule has 0 N–H and O–H groups in total. The fraction of sp³-hybridized carbons (Fsp3) is 0.333. The van der Waals surface area contributed by atoms with Gasteiger partial charge in [-0.2, -0.15) is 11.3 Å². The standard InChI is InChI=1S/C12H12N2O3S/c15-12(14-2-4-16-5-3-14)11-13-7-10(17-11)9-1-6-18-8-9/h1,6-8H,2-5H2. The van der Waals surface area contributed by atoms with Gasteiger partial charge in [0.15, 0.2) is 5.76 Å². The van der Waals surface area contributed by atoms with E-state index in [1.807, 2.05) is 16.8 Å². The van der Waals surface area contributed by atoms with E-state index in [-0.39, 0.29) is 11.8 Å². The third-order valence-electron chi connectivity index (χ3n) is 2.79. The molecule has 18 heavy (non-hydrogen) atoms. The lowest BCUT2D eigenvalue weighted by Crippen LogP contribution is -2.40. The van der Waals surface area contributed by atoms with Gasteiger partial charge in [-0.25, -0.2) is 4.98 Å². The molecule has 2 aromatic heterocycles. The molecule has 3 rings (SSSR count). The van der Waals surface area contributed by atoms with Gasteiger partial charge in [-0.05, 0) is 11.4 Å². The van der Waals surface area contributed by atoms with Crippen molar-refractivity contribution in [1.82, 2.24) is 9.88 Å². The third-order valence-corrected chi connectivity index (χ3v) is 3.48. The molecule has 3 heterocycles. The molecule has 0 aromatic carbocycles. The van der Waals surface area contributed by atoms with E-state index in [1.165, 1.54) is 0 Å². The van der Waals surface area contributed by atoms with Crippen LogP contribution in [0.5, 0.6) is 0 Å². The maximum Gasteiger partial charge on any atom is 0.309 e.